The third-order valence-electron chi connectivity index (χ3n) is 3.23. The van der Waals surface area contributed by atoms with Crippen LogP contribution in [0.2, 0.25) is 0 Å². The summed E-state index contributed by atoms with van der Waals surface area (Å²) in [5.41, 5.74) is 2.42. The highest BCUT2D eigenvalue weighted by molar-refractivity contribution is 6.03. The topological polar surface area (TPSA) is 43.6 Å². The van der Waals surface area contributed by atoms with E-state index in [9.17, 15) is 4.79 Å². The van der Waals surface area contributed by atoms with Crippen molar-refractivity contribution >= 4 is 11.3 Å². The van der Waals surface area contributed by atoms with Gasteiger partial charge in [0.25, 0.3) is 0 Å². The number of carbonyl (C=O) groups is 1. The fourth-order valence-corrected chi connectivity index (χ4v) is 2.21. The third-order valence-corrected chi connectivity index (χ3v) is 3.23. The summed E-state index contributed by atoms with van der Waals surface area (Å²) in [5, 5.41) is 4.19. The predicted molar refractivity (Wildman–Crippen MR) is 76.2 cm³/mol. The molecule has 2 heterocycles. The number of fused-ring (bicyclic) bond motifs is 1. The van der Waals surface area contributed by atoms with Gasteiger partial charge in [-0.3, -0.25) is 4.79 Å². The molecular formula is C16H14N2O2. The first-order chi connectivity index (χ1) is 9.78. The second-order valence-corrected chi connectivity index (χ2v) is 4.54. The van der Waals surface area contributed by atoms with Crippen molar-refractivity contribution in [3.05, 3.63) is 66.0 Å². The first kappa shape index (κ1) is 12.4. The molecule has 4 nitrogen and oxygen atoms in total. The summed E-state index contributed by atoms with van der Waals surface area (Å²) < 4.78 is 6.88. The Morgan fingerprint density at radius 2 is 2.15 bits per heavy atom. The summed E-state index contributed by atoms with van der Waals surface area (Å²) in [6.07, 6.45) is 3.79. The van der Waals surface area contributed by atoms with Gasteiger partial charge in [0.15, 0.2) is 5.78 Å². The number of benzene rings is 1. The third kappa shape index (κ3) is 2.28. The number of Topliss-reactive ketones (excluding diaryl/α,β-unsaturated/α-hetero) is 1. The van der Waals surface area contributed by atoms with Crippen LogP contribution < -0.4 is 4.74 Å². The van der Waals surface area contributed by atoms with E-state index in [-0.39, 0.29) is 5.78 Å². The summed E-state index contributed by atoms with van der Waals surface area (Å²) in [5.74, 6) is 0.814. The number of rotatable bonds is 4. The van der Waals surface area contributed by atoms with Crippen molar-refractivity contribution in [2.45, 2.75) is 6.42 Å². The average Bonchev–Trinajstić information content (AvgIpc) is 2.91. The van der Waals surface area contributed by atoms with E-state index in [2.05, 4.69) is 5.10 Å². The van der Waals surface area contributed by atoms with Crippen LogP contribution in [-0.4, -0.2) is 22.5 Å². The number of hydrogen-bond acceptors (Lipinski definition) is 3. The molecule has 4 heteroatoms. The molecule has 0 N–H and O–H groups in total. The minimum Gasteiger partial charge on any atom is -0.497 e. The minimum absolute atomic E-state index is 0.0550. The molecule has 2 aromatic heterocycles. The van der Waals surface area contributed by atoms with Gasteiger partial charge in [-0.25, -0.2) is 4.52 Å². The van der Waals surface area contributed by atoms with Gasteiger partial charge in [-0.15, -0.1) is 0 Å². The van der Waals surface area contributed by atoms with E-state index in [1.807, 2.05) is 48.7 Å². The monoisotopic (exact) mass is 266 g/mol. The lowest BCUT2D eigenvalue weighted by molar-refractivity contribution is 0.0994. The van der Waals surface area contributed by atoms with E-state index in [1.54, 1.807) is 17.8 Å². The Morgan fingerprint density at radius 3 is 3.00 bits per heavy atom. The lowest BCUT2D eigenvalue weighted by Crippen LogP contribution is -2.03. The predicted octanol–water partition coefficient (Wildman–Crippen LogP) is 2.77. The van der Waals surface area contributed by atoms with Crippen LogP contribution >= 0.6 is 0 Å². The van der Waals surface area contributed by atoms with Crippen LogP contribution in [0.3, 0.4) is 0 Å². The van der Waals surface area contributed by atoms with Crippen LogP contribution in [0.4, 0.5) is 0 Å². The minimum atomic E-state index is 0.0550. The van der Waals surface area contributed by atoms with Crippen molar-refractivity contribution in [2.24, 2.45) is 0 Å². The fraction of sp³-hybridized carbons (Fsp3) is 0.125. The van der Waals surface area contributed by atoms with E-state index >= 15 is 0 Å². The SMILES string of the molecule is COc1cccc(CC(=O)c2cnn3ccccc23)c1. The zero-order chi connectivity index (χ0) is 13.9. The molecule has 3 aromatic rings. The highest BCUT2D eigenvalue weighted by Gasteiger charge is 2.13. The maximum Gasteiger partial charge on any atom is 0.171 e. The fourth-order valence-electron chi connectivity index (χ4n) is 2.21. The molecule has 0 aliphatic carbocycles. The van der Waals surface area contributed by atoms with E-state index in [0.717, 1.165) is 16.8 Å². The Bertz CT molecular complexity index is 762. The lowest BCUT2D eigenvalue weighted by Gasteiger charge is -2.03. The highest BCUT2D eigenvalue weighted by Crippen LogP contribution is 2.17. The van der Waals surface area contributed by atoms with Crippen molar-refractivity contribution in [3.63, 3.8) is 0 Å². The Balaban J connectivity index is 1.89. The van der Waals surface area contributed by atoms with Gasteiger partial charge in [0.05, 0.1) is 24.4 Å². The molecule has 20 heavy (non-hydrogen) atoms. The number of aromatic nitrogens is 2. The Hall–Kier alpha value is -2.62. The molecule has 0 fully saturated rings. The second-order valence-electron chi connectivity index (χ2n) is 4.54. The van der Waals surface area contributed by atoms with Gasteiger partial charge in [0.1, 0.15) is 5.75 Å². The number of carbonyl (C=O) groups excluding carboxylic acids is 1. The van der Waals surface area contributed by atoms with Gasteiger partial charge in [0, 0.05) is 12.6 Å². The van der Waals surface area contributed by atoms with Crippen molar-refractivity contribution < 1.29 is 9.53 Å². The standard InChI is InChI=1S/C16H14N2O2/c1-20-13-6-4-5-12(9-13)10-16(19)14-11-17-18-8-3-2-7-15(14)18/h2-9,11H,10H2,1H3. The first-order valence-corrected chi connectivity index (χ1v) is 6.36. The number of methoxy groups -OCH3 is 1. The molecule has 0 aliphatic heterocycles. The zero-order valence-corrected chi connectivity index (χ0v) is 11.1. The lowest BCUT2D eigenvalue weighted by atomic mass is 10.0. The molecule has 0 aliphatic rings. The van der Waals surface area contributed by atoms with Crippen LogP contribution in [0.15, 0.2) is 54.9 Å². The van der Waals surface area contributed by atoms with Gasteiger partial charge in [-0.1, -0.05) is 18.2 Å². The van der Waals surface area contributed by atoms with Crippen LogP contribution in [-0.2, 0) is 6.42 Å². The summed E-state index contributed by atoms with van der Waals surface area (Å²) in [6.45, 7) is 0. The second kappa shape index (κ2) is 5.17. The smallest absolute Gasteiger partial charge is 0.171 e. The van der Waals surface area contributed by atoms with Gasteiger partial charge in [0.2, 0.25) is 0 Å². The van der Waals surface area contributed by atoms with Crippen LogP contribution in [0.25, 0.3) is 5.52 Å². The van der Waals surface area contributed by atoms with Gasteiger partial charge in [-0.05, 0) is 29.8 Å². The molecule has 0 unspecified atom stereocenters. The summed E-state index contributed by atoms with van der Waals surface area (Å²) in [7, 11) is 1.62. The molecule has 0 atom stereocenters. The molecule has 0 amide bonds. The molecule has 100 valence electrons. The molecule has 0 saturated heterocycles. The van der Waals surface area contributed by atoms with Crippen molar-refractivity contribution in [3.8, 4) is 5.75 Å². The summed E-state index contributed by atoms with van der Waals surface area (Å²) in [6, 6.07) is 13.2. The normalized spacial score (nSPS) is 10.7. The number of nitrogens with zero attached hydrogens (tertiary/aromatic N) is 2. The molecule has 0 radical (unpaired) electrons. The summed E-state index contributed by atoms with van der Waals surface area (Å²) >= 11 is 0. The Kier molecular flexibility index (Phi) is 3.21. The maximum atomic E-state index is 12.4. The zero-order valence-electron chi connectivity index (χ0n) is 11.1. The molecule has 0 spiro atoms. The van der Waals surface area contributed by atoms with Crippen LogP contribution in [0, 0.1) is 0 Å². The number of pyridine rings is 1. The van der Waals surface area contributed by atoms with E-state index in [4.69, 9.17) is 4.74 Å². The van der Waals surface area contributed by atoms with Crippen LogP contribution in [0.1, 0.15) is 15.9 Å². The summed E-state index contributed by atoms with van der Waals surface area (Å²) in [4.78, 5) is 12.4. The van der Waals surface area contributed by atoms with Gasteiger partial charge in [-0.2, -0.15) is 5.10 Å². The van der Waals surface area contributed by atoms with Gasteiger partial charge < -0.3 is 4.74 Å². The molecular weight excluding hydrogens is 252 g/mol. The molecule has 0 bridgehead atoms. The molecule has 0 saturated carbocycles. The van der Waals surface area contributed by atoms with E-state index in [0.29, 0.717) is 12.0 Å². The van der Waals surface area contributed by atoms with Crippen molar-refractivity contribution in [1.82, 2.24) is 9.61 Å². The number of hydrogen-bond donors (Lipinski definition) is 0. The molecule has 3 rings (SSSR count). The molecule has 1 aromatic carbocycles. The van der Waals surface area contributed by atoms with Crippen LogP contribution in [0.5, 0.6) is 5.75 Å². The Morgan fingerprint density at radius 1 is 1.25 bits per heavy atom. The Labute approximate surface area is 116 Å². The quantitative estimate of drug-likeness (QED) is 0.682. The largest absolute Gasteiger partial charge is 0.497 e. The van der Waals surface area contributed by atoms with Gasteiger partial charge >= 0.3 is 0 Å². The van der Waals surface area contributed by atoms with E-state index in [1.165, 1.54) is 0 Å². The number of ketones is 1. The first-order valence-electron chi connectivity index (χ1n) is 6.36. The van der Waals surface area contributed by atoms with Crippen molar-refractivity contribution in [2.75, 3.05) is 7.11 Å². The van der Waals surface area contributed by atoms with E-state index < -0.39 is 0 Å². The number of ether oxygens (including phenoxy) is 1. The average molecular weight is 266 g/mol. The maximum absolute atomic E-state index is 12.4. The highest BCUT2D eigenvalue weighted by atomic mass is 16.5. The van der Waals surface area contributed by atoms with Crippen molar-refractivity contribution in [1.29, 1.82) is 0 Å².